The lowest BCUT2D eigenvalue weighted by atomic mass is 9.63. The third-order valence-corrected chi connectivity index (χ3v) is 9.92. The van der Waals surface area contributed by atoms with Crippen molar-refractivity contribution in [1.82, 2.24) is 0 Å². The highest BCUT2D eigenvalue weighted by Crippen LogP contribution is 2.48. The van der Waals surface area contributed by atoms with Gasteiger partial charge < -0.3 is 44.1 Å². The first kappa shape index (κ1) is 50.3. The lowest BCUT2D eigenvalue weighted by Crippen LogP contribution is -2.45. The molecule has 4 N–H and O–H groups in total. The van der Waals surface area contributed by atoms with Crippen molar-refractivity contribution in [3.8, 4) is 0 Å². The Labute approximate surface area is 306 Å². The molecule has 0 aromatic heterocycles. The first-order valence-electron chi connectivity index (χ1n) is 16.9. The van der Waals surface area contributed by atoms with E-state index < -0.39 is 93.8 Å². The number of aliphatic carboxylic acids is 2. The highest BCUT2D eigenvalue weighted by atomic mass is 16.6. The van der Waals surface area contributed by atoms with Gasteiger partial charge in [-0.15, -0.1) is 0 Å². The molecule has 0 aromatic rings. The number of carbonyl (C=O) groups is 7. The molecule has 302 valence electrons. The largest absolute Gasteiger partial charge is 0.481 e. The summed E-state index contributed by atoms with van der Waals surface area (Å²) >= 11 is 0. The van der Waals surface area contributed by atoms with Crippen molar-refractivity contribution in [2.75, 3.05) is 34.9 Å². The van der Waals surface area contributed by atoms with Crippen molar-refractivity contribution in [3.63, 3.8) is 0 Å². The van der Waals surface area contributed by atoms with Crippen LogP contribution in [0.1, 0.15) is 114 Å². The molecule has 6 unspecified atom stereocenters. The van der Waals surface area contributed by atoms with E-state index in [1.165, 1.54) is 42.1 Å². The van der Waals surface area contributed by atoms with Gasteiger partial charge in [-0.2, -0.15) is 0 Å². The molecule has 0 saturated heterocycles. The van der Waals surface area contributed by atoms with Crippen molar-refractivity contribution in [1.29, 1.82) is 0 Å². The van der Waals surface area contributed by atoms with Gasteiger partial charge in [0.1, 0.15) is 0 Å². The molecule has 0 heterocycles. The van der Waals surface area contributed by atoms with E-state index in [0.717, 1.165) is 0 Å². The van der Waals surface area contributed by atoms with Crippen molar-refractivity contribution >= 4 is 41.8 Å². The number of aliphatic hydroxyl groups is 2. The number of methoxy groups -OCH3 is 3. The zero-order valence-corrected chi connectivity index (χ0v) is 33.1. The fraction of sp³-hybridized carbons (Fsp3) is 0.806. The van der Waals surface area contributed by atoms with E-state index in [9.17, 15) is 43.8 Å². The second-order valence-electron chi connectivity index (χ2n) is 15.4. The SMILES string of the molecule is CCC(C)(CC(C)(CC(C)(C)C(=O)OCO)C(=O)O)C(=O)OC.CCC(C)(CC(C)(CC(C)(CC(C)C(=O)OC)C(=O)OCO)C(=O)O)C(=O)OC. The van der Waals surface area contributed by atoms with Gasteiger partial charge in [-0.1, -0.05) is 20.8 Å². The molecule has 52 heavy (non-hydrogen) atoms. The van der Waals surface area contributed by atoms with Gasteiger partial charge in [-0.05, 0) is 93.4 Å². The van der Waals surface area contributed by atoms with E-state index in [2.05, 4.69) is 4.74 Å². The fourth-order valence-corrected chi connectivity index (χ4v) is 6.91. The highest BCUT2D eigenvalue weighted by Gasteiger charge is 2.52. The summed E-state index contributed by atoms with van der Waals surface area (Å²) < 4.78 is 23.7. The number of hydrogen-bond donors (Lipinski definition) is 4. The molecule has 6 atom stereocenters. The minimum absolute atomic E-state index is 0.0222. The van der Waals surface area contributed by atoms with E-state index >= 15 is 0 Å². The van der Waals surface area contributed by atoms with Crippen LogP contribution in [0.2, 0.25) is 0 Å². The van der Waals surface area contributed by atoms with Gasteiger partial charge in [-0.3, -0.25) is 33.6 Å². The summed E-state index contributed by atoms with van der Waals surface area (Å²) in [5, 5.41) is 37.4. The third-order valence-electron chi connectivity index (χ3n) is 9.92. The number of ether oxygens (including phenoxy) is 5. The van der Waals surface area contributed by atoms with Crippen LogP contribution in [0.25, 0.3) is 0 Å². The first-order valence-corrected chi connectivity index (χ1v) is 16.9. The molecule has 0 rings (SSSR count). The summed E-state index contributed by atoms with van der Waals surface area (Å²) in [7, 11) is 3.71. The summed E-state index contributed by atoms with van der Waals surface area (Å²) in [6, 6.07) is 0. The maximum Gasteiger partial charge on any atom is 0.313 e. The number of hydrogen-bond acceptors (Lipinski definition) is 14. The molecule has 0 bridgehead atoms. The van der Waals surface area contributed by atoms with Crippen molar-refractivity contribution in [2.24, 2.45) is 38.4 Å². The number of aliphatic hydroxyl groups excluding tert-OH is 2. The molecule has 0 spiro atoms. The number of carboxylic acids is 2. The predicted octanol–water partition coefficient (Wildman–Crippen LogP) is 4.11. The lowest BCUT2D eigenvalue weighted by molar-refractivity contribution is -0.172. The standard InChI is InChI=1S/C20H34O9.C16H28O7/c1-8-18(3,16(25)28-7)10-20(5,15(23)24)11-19(4,17(26)29-12-21)9-13(2)14(22)27-6;1-7-15(4,13(21)22-6)9-16(5,11(18)19)8-14(2,3)12(20)23-10-17/h13,21H,8-12H2,1-7H3,(H,23,24);17H,7-10H2,1-6H3,(H,18,19). The Bertz CT molecular complexity index is 1260. The number of carboxylic acid groups (broad SMARTS) is 2. The average Bonchev–Trinajstić information content (AvgIpc) is 3.06. The molecule has 0 aliphatic carbocycles. The first-order chi connectivity index (χ1) is 23.6. The zero-order chi connectivity index (χ0) is 41.5. The van der Waals surface area contributed by atoms with E-state index in [1.54, 1.807) is 48.5 Å². The zero-order valence-electron chi connectivity index (χ0n) is 33.1. The van der Waals surface area contributed by atoms with Gasteiger partial charge in [-0.25, -0.2) is 0 Å². The van der Waals surface area contributed by atoms with E-state index in [1.807, 2.05) is 0 Å². The Morgan fingerprint density at radius 2 is 0.865 bits per heavy atom. The van der Waals surface area contributed by atoms with Crippen LogP contribution < -0.4 is 0 Å². The molecule has 0 aliphatic rings. The van der Waals surface area contributed by atoms with Crippen LogP contribution in [0.15, 0.2) is 0 Å². The van der Waals surface area contributed by atoms with Crippen LogP contribution in [0.5, 0.6) is 0 Å². The van der Waals surface area contributed by atoms with Gasteiger partial charge in [0.25, 0.3) is 0 Å². The van der Waals surface area contributed by atoms with Gasteiger partial charge >= 0.3 is 41.8 Å². The summed E-state index contributed by atoms with van der Waals surface area (Å²) in [6.45, 7) is 14.2. The molecule has 16 heteroatoms. The molecule has 0 amide bonds. The molecule has 0 radical (unpaired) electrons. The van der Waals surface area contributed by atoms with Gasteiger partial charge in [0, 0.05) is 0 Å². The molecule has 0 fully saturated rings. The monoisotopic (exact) mass is 750 g/mol. The molecule has 16 nitrogen and oxygen atoms in total. The van der Waals surface area contributed by atoms with Crippen molar-refractivity contribution in [3.05, 3.63) is 0 Å². The van der Waals surface area contributed by atoms with Crippen molar-refractivity contribution in [2.45, 2.75) is 114 Å². The second-order valence-corrected chi connectivity index (χ2v) is 15.4. The van der Waals surface area contributed by atoms with E-state index in [4.69, 9.17) is 29.2 Å². The average molecular weight is 751 g/mol. The summed E-state index contributed by atoms with van der Waals surface area (Å²) in [5.41, 5.74) is -7.46. The number of rotatable bonds is 21. The van der Waals surface area contributed by atoms with Crippen LogP contribution >= 0.6 is 0 Å². The Balaban J connectivity index is 0. The predicted molar refractivity (Wildman–Crippen MR) is 185 cm³/mol. The maximum atomic E-state index is 12.6. The highest BCUT2D eigenvalue weighted by molar-refractivity contribution is 5.83. The smallest absolute Gasteiger partial charge is 0.313 e. The lowest BCUT2D eigenvalue weighted by Gasteiger charge is -2.40. The minimum atomic E-state index is -1.52. The van der Waals surface area contributed by atoms with Crippen LogP contribution in [-0.4, -0.2) is 97.1 Å². The molecule has 0 aromatic carbocycles. The Hall–Kier alpha value is -3.79. The van der Waals surface area contributed by atoms with E-state index in [-0.39, 0.29) is 32.1 Å². The van der Waals surface area contributed by atoms with Gasteiger partial charge in [0.05, 0.1) is 59.7 Å². The quantitative estimate of drug-likeness (QED) is 0.0732. The van der Waals surface area contributed by atoms with Crippen molar-refractivity contribution < 1.29 is 77.7 Å². The molecular formula is C36H62O16. The van der Waals surface area contributed by atoms with Gasteiger partial charge in [0.2, 0.25) is 0 Å². The topological polar surface area (TPSA) is 247 Å². The summed E-state index contributed by atoms with van der Waals surface area (Å²) in [5.74, 6) is -6.13. The molecular weight excluding hydrogens is 688 g/mol. The van der Waals surface area contributed by atoms with Gasteiger partial charge in [0.15, 0.2) is 13.6 Å². The third kappa shape index (κ3) is 13.6. The summed E-state index contributed by atoms with van der Waals surface area (Å²) in [6.07, 6.45) is 0.357. The second kappa shape index (κ2) is 20.5. The van der Waals surface area contributed by atoms with Crippen LogP contribution in [0, 0.1) is 38.4 Å². The van der Waals surface area contributed by atoms with Crippen LogP contribution in [0.3, 0.4) is 0 Å². The Morgan fingerprint density at radius 3 is 1.17 bits per heavy atom. The maximum absolute atomic E-state index is 12.6. The molecule has 0 saturated carbocycles. The minimum Gasteiger partial charge on any atom is -0.481 e. The van der Waals surface area contributed by atoms with Crippen LogP contribution in [0.4, 0.5) is 0 Å². The van der Waals surface area contributed by atoms with Crippen LogP contribution in [-0.2, 0) is 57.2 Å². The Morgan fingerprint density at radius 1 is 0.519 bits per heavy atom. The molecule has 0 aliphatic heterocycles. The fourth-order valence-electron chi connectivity index (χ4n) is 6.91. The Kier molecular flexibility index (Phi) is 19.8. The number of esters is 5. The summed E-state index contributed by atoms with van der Waals surface area (Å²) in [4.78, 5) is 84.8. The van der Waals surface area contributed by atoms with E-state index in [0.29, 0.717) is 12.8 Å². The number of carbonyl (C=O) groups excluding carboxylic acids is 5. The normalized spacial score (nSPS) is 17.7.